The molecule has 12 heavy (non-hydrogen) atoms. The van der Waals surface area contributed by atoms with Crippen LogP contribution in [0.1, 0.15) is 25.7 Å². The lowest BCUT2D eigenvalue weighted by molar-refractivity contribution is 0.338. The molecule has 0 saturated heterocycles. The molecule has 0 unspecified atom stereocenters. The zero-order chi connectivity index (χ0) is 9.03. The van der Waals surface area contributed by atoms with E-state index in [0.29, 0.717) is 0 Å². The summed E-state index contributed by atoms with van der Waals surface area (Å²) in [5.41, 5.74) is 1.53. The molecule has 0 fully saturated rings. The summed E-state index contributed by atoms with van der Waals surface area (Å²) in [6, 6.07) is 0. The molecule has 0 bridgehead atoms. The van der Waals surface area contributed by atoms with Gasteiger partial charge >= 0.3 is 0 Å². The lowest BCUT2D eigenvalue weighted by atomic mass is 10.0. The number of hydrogen-bond acceptors (Lipinski definition) is 1. The zero-order valence-electron chi connectivity index (χ0n) is 8.52. The topological polar surface area (TPSA) is 9.23 Å². The van der Waals surface area contributed by atoms with Gasteiger partial charge in [-0.1, -0.05) is 6.08 Å². The first kappa shape index (κ1) is 10.0. The van der Waals surface area contributed by atoms with Crippen LogP contribution >= 0.6 is 0 Å². The van der Waals surface area contributed by atoms with E-state index in [1.807, 2.05) is 0 Å². The van der Waals surface area contributed by atoms with Gasteiger partial charge in [-0.2, -0.15) is 0 Å². The maximum absolute atomic E-state index is 5.84. The molecular formula is C10H20OSi. The van der Waals surface area contributed by atoms with Crippen LogP contribution in [0.2, 0.25) is 19.6 Å². The normalized spacial score (nSPS) is 19.1. The number of rotatable bonds is 3. The summed E-state index contributed by atoms with van der Waals surface area (Å²) in [6.07, 6.45) is 7.63. The van der Waals surface area contributed by atoms with Gasteiger partial charge in [-0.15, -0.1) is 0 Å². The second-order valence-corrected chi connectivity index (χ2v) is 9.02. The summed E-state index contributed by atoms with van der Waals surface area (Å²) in [7, 11) is -1.28. The zero-order valence-corrected chi connectivity index (χ0v) is 9.52. The Labute approximate surface area is 76.9 Å². The molecule has 0 radical (unpaired) electrons. The Bertz CT molecular complexity index is 167. The SMILES string of the molecule is C[Si](C)(C)OCC1=CCCCC1. The Morgan fingerprint density at radius 1 is 1.33 bits per heavy atom. The third kappa shape index (κ3) is 4.07. The van der Waals surface area contributed by atoms with Crippen molar-refractivity contribution in [3.63, 3.8) is 0 Å². The van der Waals surface area contributed by atoms with E-state index in [1.54, 1.807) is 0 Å². The lowest BCUT2D eigenvalue weighted by Gasteiger charge is -2.20. The van der Waals surface area contributed by atoms with Gasteiger partial charge in [0, 0.05) is 0 Å². The quantitative estimate of drug-likeness (QED) is 0.483. The first-order valence-corrected chi connectivity index (χ1v) is 8.31. The van der Waals surface area contributed by atoms with Crippen LogP contribution in [-0.2, 0) is 4.43 Å². The van der Waals surface area contributed by atoms with E-state index in [-0.39, 0.29) is 0 Å². The van der Waals surface area contributed by atoms with Crippen LogP contribution in [0.4, 0.5) is 0 Å². The molecule has 70 valence electrons. The van der Waals surface area contributed by atoms with E-state index in [9.17, 15) is 0 Å². The third-order valence-electron chi connectivity index (χ3n) is 2.08. The van der Waals surface area contributed by atoms with Crippen molar-refractivity contribution in [1.82, 2.24) is 0 Å². The van der Waals surface area contributed by atoms with Gasteiger partial charge in [0.1, 0.15) is 0 Å². The number of allylic oxidation sites excluding steroid dienone is 1. The maximum atomic E-state index is 5.84. The molecule has 0 aliphatic heterocycles. The molecule has 0 aromatic carbocycles. The van der Waals surface area contributed by atoms with Gasteiger partial charge < -0.3 is 4.43 Å². The lowest BCUT2D eigenvalue weighted by Crippen LogP contribution is -2.26. The van der Waals surface area contributed by atoms with Gasteiger partial charge in [0.05, 0.1) is 6.61 Å². The van der Waals surface area contributed by atoms with Gasteiger partial charge in [0.25, 0.3) is 0 Å². The van der Waals surface area contributed by atoms with E-state index in [0.717, 1.165) is 6.61 Å². The highest BCUT2D eigenvalue weighted by atomic mass is 28.4. The van der Waals surface area contributed by atoms with E-state index in [4.69, 9.17) is 4.43 Å². The van der Waals surface area contributed by atoms with Crippen molar-refractivity contribution in [1.29, 1.82) is 0 Å². The second kappa shape index (κ2) is 4.24. The Balaban J connectivity index is 2.26. The van der Waals surface area contributed by atoms with Gasteiger partial charge in [0.2, 0.25) is 0 Å². The molecule has 1 rings (SSSR count). The predicted molar refractivity (Wildman–Crippen MR) is 55.8 cm³/mol. The third-order valence-corrected chi connectivity index (χ3v) is 3.09. The maximum Gasteiger partial charge on any atom is 0.184 e. The Morgan fingerprint density at radius 3 is 2.58 bits per heavy atom. The first-order valence-electron chi connectivity index (χ1n) is 4.90. The van der Waals surface area contributed by atoms with Crippen molar-refractivity contribution in [2.45, 2.75) is 45.3 Å². The molecule has 2 heteroatoms. The van der Waals surface area contributed by atoms with E-state index in [2.05, 4.69) is 25.7 Å². The van der Waals surface area contributed by atoms with Crippen molar-refractivity contribution in [2.75, 3.05) is 6.61 Å². The average molecular weight is 184 g/mol. The molecule has 1 nitrogen and oxygen atoms in total. The van der Waals surface area contributed by atoms with E-state index in [1.165, 1.54) is 31.3 Å². The van der Waals surface area contributed by atoms with Crippen LogP contribution in [0.5, 0.6) is 0 Å². The summed E-state index contributed by atoms with van der Waals surface area (Å²) < 4.78 is 5.84. The minimum atomic E-state index is -1.28. The Hall–Kier alpha value is -0.0831. The van der Waals surface area contributed by atoms with Gasteiger partial charge in [0.15, 0.2) is 8.32 Å². The minimum Gasteiger partial charge on any atom is -0.414 e. The Morgan fingerprint density at radius 2 is 2.08 bits per heavy atom. The minimum absolute atomic E-state index is 0.899. The molecule has 1 aliphatic carbocycles. The van der Waals surface area contributed by atoms with Crippen LogP contribution in [0.3, 0.4) is 0 Å². The van der Waals surface area contributed by atoms with E-state index >= 15 is 0 Å². The van der Waals surface area contributed by atoms with Crippen molar-refractivity contribution in [2.24, 2.45) is 0 Å². The summed E-state index contributed by atoms with van der Waals surface area (Å²) in [6.45, 7) is 7.64. The second-order valence-electron chi connectivity index (χ2n) is 4.51. The average Bonchev–Trinajstić information content (AvgIpc) is 2.02. The van der Waals surface area contributed by atoms with Crippen LogP contribution < -0.4 is 0 Å². The Kier molecular flexibility index (Phi) is 3.53. The van der Waals surface area contributed by atoms with Crippen LogP contribution in [0, 0.1) is 0 Å². The van der Waals surface area contributed by atoms with Gasteiger partial charge in [-0.3, -0.25) is 0 Å². The molecule has 0 aromatic heterocycles. The molecule has 0 saturated carbocycles. The smallest absolute Gasteiger partial charge is 0.184 e. The summed E-state index contributed by atoms with van der Waals surface area (Å²) in [5.74, 6) is 0. The van der Waals surface area contributed by atoms with Crippen molar-refractivity contribution < 1.29 is 4.43 Å². The predicted octanol–water partition coefficient (Wildman–Crippen LogP) is 3.34. The molecule has 0 spiro atoms. The van der Waals surface area contributed by atoms with Crippen molar-refractivity contribution in [3.05, 3.63) is 11.6 Å². The molecule has 0 heterocycles. The number of hydrogen-bond donors (Lipinski definition) is 0. The molecule has 1 aliphatic rings. The summed E-state index contributed by atoms with van der Waals surface area (Å²) in [4.78, 5) is 0. The fourth-order valence-electron chi connectivity index (χ4n) is 1.34. The monoisotopic (exact) mass is 184 g/mol. The standard InChI is InChI=1S/C10H20OSi/c1-12(2,3)11-9-10-7-5-4-6-8-10/h7H,4-6,8-9H2,1-3H3. The van der Waals surface area contributed by atoms with E-state index < -0.39 is 8.32 Å². The fraction of sp³-hybridized carbons (Fsp3) is 0.800. The molecule has 0 N–H and O–H groups in total. The van der Waals surface area contributed by atoms with Crippen molar-refractivity contribution in [3.8, 4) is 0 Å². The summed E-state index contributed by atoms with van der Waals surface area (Å²) >= 11 is 0. The highest BCUT2D eigenvalue weighted by Crippen LogP contribution is 2.18. The highest BCUT2D eigenvalue weighted by molar-refractivity contribution is 6.69. The largest absolute Gasteiger partial charge is 0.414 e. The van der Waals surface area contributed by atoms with Crippen LogP contribution in [0.15, 0.2) is 11.6 Å². The van der Waals surface area contributed by atoms with Crippen molar-refractivity contribution >= 4 is 8.32 Å². The fourth-order valence-corrected chi connectivity index (χ4v) is 1.96. The molecule has 0 aromatic rings. The summed E-state index contributed by atoms with van der Waals surface area (Å²) in [5, 5.41) is 0. The highest BCUT2D eigenvalue weighted by Gasteiger charge is 2.15. The molecule has 0 atom stereocenters. The van der Waals surface area contributed by atoms with Gasteiger partial charge in [-0.25, -0.2) is 0 Å². The van der Waals surface area contributed by atoms with Crippen LogP contribution in [0.25, 0.3) is 0 Å². The molecular weight excluding hydrogens is 164 g/mol. The van der Waals surface area contributed by atoms with Gasteiger partial charge in [-0.05, 0) is 50.9 Å². The first-order chi connectivity index (χ1) is 5.58. The molecule has 0 amide bonds. The van der Waals surface area contributed by atoms with Crippen LogP contribution in [-0.4, -0.2) is 14.9 Å².